The van der Waals surface area contributed by atoms with Crippen LogP contribution in [0.25, 0.3) is 5.69 Å². The second-order valence-electron chi connectivity index (χ2n) is 3.42. The molecule has 1 aromatic heterocycles. The van der Waals surface area contributed by atoms with Crippen LogP contribution in [0.2, 0.25) is 0 Å². The standard InChI is InChI=1S/C11H8F2N2O2/c12-8-2-1-3-9(5-8)15-11(13)7(6-14-15)4-10(16)17/h1-3,5-6H,4H2,(H,16,17). The van der Waals surface area contributed by atoms with Gasteiger partial charge < -0.3 is 5.11 Å². The molecule has 0 aliphatic carbocycles. The summed E-state index contributed by atoms with van der Waals surface area (Å²) in [6.45, 7) is 0. The Morgan fingerprint density at radius 3 is 2.82 bits per heavy atom. The molecule has 2 rings (SSSR count). The third kappa shape index (κ3) is 2.30. The number of aliphatic carboxylic acids is 1. The SMILES string of the molecule is O=C(O)Cc1cnn(-c2cccc(F)c2)c1F. The first kappa shape index (κ1) is 11.3. The van der Waals surface area contributed by atoms with Crippen molar-refractivity contribution in [3.8, 4) is 5.69 Å². The lowest BCUT2D eigenvalue weighted by Crippen LogP contribution is -2.04. The van der Waals surface area contributed by atoms with E-state index in [1.54, 1.807) is 0 Å². The van der Waals surface area contributed by atoms with Crippen LogP contribution in [0.1, 0.15) is 5.56 Å². The fourth-order valence-electron chi connectivity index (χ4n) is 1.44. The van der Waals surface area contributed by atoms with Gasteiger partial charge in [0.25, 0.3) is 0 Å². The summed E-state index contributed by atoms with van der Waals surface area (Å²) in [6.07, 6.45) is 0.662. The number of hydrogen-bond acceptors (Lipinski definition) is 2. The minimum absolute atomic E-state index is 0.0400. The van der Waals surface area contributed by atoms with Crippen molar-refractivity contribution in [2.24, 2.45) is 0 Å². The van der Waals surface area contributed by atoms with Crippen LogP contribution in [-0.2, 0) is 11.2 Å². The number of aromatic nitrogens is 2. The van der Waals surface area contributed by atoms with E-state index in [1.165, 1.54) is 18.2 Å². The van der Waals surface area contributed by atoms with E-state index in [-0.39, 0.29) is 11.3 Å². The Balaban J connectivity index is 2.40. The number of carboxylic acids is 1. The second-order valence-corrected chi connectivity index (χ2v) is 3.42. The van der Waals surface area contributed by atoms with E-state index in [1.807, 2.05) is 0 Å². The van der Waals surface area contributed by atoms with Gasteiger partial charge in [-0.2, -0.15) is 9.49 Å². The van der Waals surface area contributed by atoms with Gasteiger partial charge in [0.2, 0.25) is 5.95 Å². The van der Waals surface area contributed by atoms with Crippen LogP contribution in [-0.4, -0.2) is 20.9 Å². The lowest BCUT2D eigenvalue weighted by Gasteiger charge is -2.02. The van der Waals surface area contributed by atoms with Crippen molar-refractivity contribution in [2.75, 3.05) is 0 Å². The largest absolute Gasteiger partial charge is 0.481 e. The fourth-order valence-corrected chi connectivity index (χ4v) is 1.44. The van der Waals surface area contributed by atoms with Crippen molar-refractivity contribution < 1.29 is 18.7 Å². The van der Waals surface area contributed by atoms with Gasteiger partial charge in [-0.3, -0.25) is 4.79 Å². The smallest absolute Gasteiger partial charge is 0.308 e. The third-order valence-corrected chi connectivity index (χ3v) is 2.17. The van der Waals surface area contributed by atoms with Gasteiger partial charge in [0.05, 0.1) is 18.3 Å². The number of benzene rings is 1. The zero-order valence-electron chi connectivity index (χ0n) is 8.60. The van der Waals surface area contributed by atoms with Gasteiger partial charge in [-0.1, -0.05) is 6.07 Å². The number of rotatable bonds is 3. The zero-order valence-corrected chi connectivity index (χ0v) is 8.60. The summed E-state index contributed by atoms with van der Waals surface area (Å²) in [7, 11) is 0. The molecule has 0 aliphatic rings. The highest BCUT2D eigenvalue weighted by Gasteiger charge is 2.14. The number of nitrogens with zero attached hydrogens (tertiary/aromatic N) is 2. The van der Waals surface area contributed by atoms with Crippen molar-refractivity contribution in [3.63, 3.8) is 0 Å². The molecule has 0 aliphatic heterocycles. The normalized spacial score (nSPS) is 10.5. The van der Waals surface area contributed by atoms with Crippen molar-refractivity contribution in [2.45, 2.75) is 6.42 Å². The maximum atomic E-state index is 13.7. The Hall–Kier alpha value is -2.24. The molecule has 6 heteroatoms. The second kappa shape index (κ2) is 4.32. The number of carboxylic acid groups (broad SMARTS) is 1. The molecule has 17 heavy (non-hydrogen) atoms. The summed E-state index contributed by atoms with van der Waals surface area (Å²) < 4.78 is 27.5. The highest BCUT2D eigenvalue weighted by Crippen LogP contribution is 2.14. The van der Waals surface area contributed by atoms with Gasteiger partial charge in [0.1, 0.15) is 5.82 Å². The number of carbonyl (C=O) groups is 1. The minimum atomic E-state index is -1.15. The summed E-state index contributed by atoms with van der Waals surface area (Å²) in [4.78, 5) is 10.5. The van der Waals surface area contributed by atoms with E-state index in [0.717, 1.165) is 16.9 Å². The molecule has 4 nitrogen and oxygen atoms in total. The van der Waals surface area contributed by atoms with Crippen LogP contribution >= 0.6 is 0 Å². The predicted octanol–water partition coefficient (Wildman–Crippen LogP) is 1.78. The van der Waals surface area contributed by atoms with Gasteiger partial charge in [-0.15, -0.1) is 0 Å². The molecule has 0 spiro atoms. The van der Waals surface area contributed by atoms with Crippen molar-refractivity contribution in [3.05, 3.63) is 47.8 Å². The fraction of sp³-hybridized carbons (Fsp3) is 0.0909. The monoisotopic (exact) mass is 238 g/mol. The third-order valence-electron chi connectivity index (χ3n) is 2.17. The summed E-state index contributed by atoms with van der Waals surface area (Å²) in [5.41, 5.74) is 0.168. The van der Waals surface area contributed by atoms with Crippen molar-refractivity contribution in [1.82, 2.24) is 9.78 Å². The van der Waals surface area contributed by atoms with E-state index >= 15 is 0 Å². The highest BCUT2D eigenvalue weighted by molar-refractivity contribution is 5.70. The Morgan fingerprint density at radius 1 is 1.41 bits per heavy atom. The molecule has 88 valence electrons. The van der Waals surface area contributed by atoms with Gasteiger partial charge in [-0.05, 0) is 18.2 Å². The summed E-state index contributed by atoms with van der Waals surface area (Å²) in [6, 6.07) is 5.23. The molecule has 1 N–H and O–H groups in total. The zero-order chi connectivity index (χ0) is 12.4. The van der Waals surface area contributed by atoms with Crippen LogP contribution in [0.15, 0.2) is 30.5 Å². The molecule has 1 heterocycles. The Morgan fingerprint density at radius 2 is 2.18 bits per heavy atom. The lowest BCUT2D eigenvalue weighted by atomic mass is 10.2. The molecule has 0 atom stereocenters. The van der Waals surface area contributed by atoms with Crippen molar-refractivity contribution >= 4 is 5.97 Å². The van der Waals surface area contributed by atoms with Crippen LogP contribution in [0, 0.1) is 11.8 Å². The van der Waals surface area contributed by atoms with Crippen LogP contribution in [0.4, 0.5) is 8.78 Å². The maximum absolute atomic E-state index is 13.7. The summed E-state index contributed by atoms with van der Waals surface area (Å²) in [5.74, 6) is -2.46. The van der Waals surface area contributed by atoms with E-state index in [0.29, 0.717) is 0 Å². The van der Waals surface area contributed by atoms with Crippen molar-refractivity contribution in [1.29, 1.82) is 0 Å². The Kier molecular flexibility index (Phi) is 2.86. The molecule has 0 saturated heterocycles. The van der Waals surface area contributed by atoms with E-state index in [2.05, 4.69) is 5.10 Å². The number of halogens is 2. The molecule has 2 aromatic rings. The van der Waals surface area contributed by atoms with Crippen LogP contribution < -0.4 is 0 Å². The van der Waals surface area contributed by atoms with Gasteiger partial charge >= 0.3 is 5.97 Å². The van der Waals surface area contributed by atoms with E-state index in [4.69, 9.17) is 5.11 Å². The quantitative estimate of drug-likeness (QED) is 0.886. The average Bonchev–Trinajstić information content (AvgIpc) is 2.60. The first-order valence-electron chi connectivity index (χ1n) is 4.78. The molecular weight excluding hydrogens is 230 g/mol. The van der Waals surface area contributed by atoms with Crippen LogP contribution in [0.3, 0.4) is 0 Å². The molecule has 0 bridgehead atoms. The first-order valence-corrected chi connectivity index (χ1v) is 4.78. The topological polar surface area (TPSA) is 55.1 Å². The van der Waals surface area contributed by atoms with Gasteiger partial charge in [0, 0.05) is 5.56 Å². The molecule has 0 amide bonds. The molecule has 1 aromatic carbocycles. The Bertz CT molecular complexity index is 566. The Labute approximate surface area is 95.1 Å². The molecule has 0 radical (unpaired) electrons. The summed E-state index contributed by atoms with van der Waals surface area (Å²) >= 11 is 0. The van der Waals surface area contributed by atoms with Gasteiger partial charge in [-0.25, -0.2) is 9.07 Å². The molecule has 0 saturated carbocycles. The predicted molar refractivity (Wildman–Crippen MR) is 54.8 cm³/mol. The minimum Gasteiger partial charge on any atom is -0.481 e. The average molecular weight is 238 g/mol. The van der Waals surface area contributed by atoms with Gasteiger partial charge in [0.15, 0.2) is 0 Å². The number of hydrogen-bond donors (Lipinski definition) is 1. The van der Waals surface area contributed by atoms with E-state index < -0.39 is 24.2 Å². The maximum Gasteiger partial charge on any atom is 0.308 e. The van der Waals surface area contributed by atoms with Crippen LogP contribution in [0.5, 0.6) is 0 Å². The summed E-state index contributed by atoms with van der Waals surface area (Å²) in [5, 5.41) is 12.2. The molecule has 0 unspecified atom stereocenters. The first-order chi connectivity index (χ1) is 8.08. The molecule has 0 fully saturated rings. The molecular formula is C11H8F2N2O2. The highest BCUT2D eigenvalue weighted by atomic mass is 19.1. The van der Waals surface area contributed by atoms with E-state index in [9.17, 15) is 13.6 Å². The lowest BCUT2D eigenvalue weighted by molar-refractivity contribution is -0.136.